The average Bonchev–Trinajstić information content (AvgIpc) is 3.21. The highest BCUT2D eigenvalue weighted by molar-refractivity contribution is 7.90. The van der Waals surface area contributed by atoms with Gasteiger partial charge in [0.2, 0.25) is 20.9 Å². The van der Waals surface area contributed by atoms with E-state index in [1.165, 1.54) is 0 Å². The van der Waals surface area contributed by atoms with Gasteiger partial charge in [-0.1, -0.05) is 20.8 Å². The van der Waals surface area contributed by atoms with Crippen molar-refractivity contribution >= 4 is 21.4 Å². The van der Waals surface area contributed by atoms with Crippen molar-refractivity contribution in [2.45, 2.75) is 77.2 Å². The second-order valence-electron chi connectivity index (χ2n) is 10.7. The molecule has 31 heavy (non-hydrogen) atoms. The molecule has 1 aliphatic carbocycles. The standard InChI is InChI=1S/C22H37N5O3S/c1-14(2)27(20(28)18(23)9-22(3,4)5)19-8-7-15-12-26(13-17(15)19)16-10-24-21(25-11-16)31(6,29)30/h10-11,14-15,17-19H,7-9,12-13,23H2,1-6H3/t15-,17+,18+,19+/m1/s1. The number of nitrogens with two attached hydrogens (primary N) is 1. The second kappa shape index (κ2) is 8.65. The van der Waals surface area contributed by atoms with Crippen LogP contribution in [0, 0.1) is 17.3 Å². The molecule has 2 fully saturated rings. The van der Waals surface area contributed by atoms with Crippen molar-refractivity contribution in [3.8, 4) is 0 Å². The molecular weight excluding hydrogens is 414 g/mol. The molecule has 1 amide bonds. The lowest BCUT2D eigenvalue weighted by atomic mass is 9.87. The van der Waals surface area contributed by atoms with Crippen LogP contribution < -0.4 is 10.6 Å². The zero-order valence-corrected chi connectivity index (χ0v) is 20.4. The van der Waals surface area contributed by atoms with E-state index in [1.54, 1.807) is 12.4 Å². The molecule has 1 saturated heterocycles. The van der Waals surface area contributed by atoms with Gasteiger partial charge in [-0.3, -0.25) is 4.79 Å². The van der Waals surface area contributed by atoms with Gasteiger partial charge >= 0.3 is 0 Å². The smallest absolute Gasteiger partial charge is 0.246 e. The van der Waals surface area contributed by atoms with E-state index in [1.807, 2.05) is 4.90 Å². The zero-order valence-electron chi connectivity index (χ0n) is 19.6. The van der Waals surface area contributed by atoms with Crippen molar-refractivity contribution in [3.05, 3.63) is 12.4 Å². The number of sulfone groups is 1. The molecule has 2 aliphatic rings. The largest absolute Gasteiger partial charge is 0.368 e. The maximum atomic E-state index is 13.3. The highest BCUT2D eigenvalue weighted by Gasteiger charge is 2.47. The predicted octanol–water partition coefficient (Wildman–Crippen LogP) is 2.10. The quantitative estimate of drug-likeness (QED) is 0.660. The van der Waals surface area contributed by atoms with Crippen molar-refractivity contribution in [2.75, 3.05) is 24.2 Å². The maximum absolute atomic E-state index is 13.3. The van der Waals surface area contributed by atoms with E-state index in [-0.39, 0.29) is 28.6 Å². The Labute approximate surface area is 186 Å². The second-order valence-corrected chi connectivity index (χ2v) is 12.6. The summed E-state index contributed by atoms with van der Waals surface area (Å²) in [5, 5.41) is -0.155. The minimum atomic E-state index is -3.42. The van der Waals surface area contributed by atoms with Crippen molar-refractivity contribution < 1.29 is 13.2 Å². The van der Waals surface area contributed by atoms with Crippen LogP contribution in [0.2, 0.25) is 0 Å². The van der Waals surface area contributed by atoms with E-state index in [0.29, 0.717) is 18.3 Å². The number of aromatic nitrogens is 2. The third kappa shape index (κ3) is 5.37. The van der Waals surface area contributed by atoms with Crippen LogP contribution in [0.15, 0.2) is 17.6 Å². The Balaban J connectivity index is 1.75. The number of hydrogen-bond acceptors (Lipinski definition) is 7. The lowest BCUT2D eigenvalue weighted by molar-refractivity contribution is -0.138. The van der Waals surface area contributed by atoms with Gasteiger partial charge in [0.1, 0.15) is 0 Å². The van der Waals surface area contributed by atoms with E-state index in [0.717, 1.165) is 37.9 Å². The topological polar surface area (TPSA) is 109 Å². The molecule has 3 rings (SSSR count). The van der Waals surface area contributed by atoms with Gasteiger partial charge in [0.25, 0.3) is 0 Å². The Morgan fingerprint density at radius 1 is 1.23 bits per heavy atom. The van der Waals surface area contributed by atoms with Gasteiger partial charge in [-0.05, 0) is 44.4 Å². The number of fused-ring (bicyclic) bond motifs is 1. The van der Waals surface area contributed by atoms with Crippen LogP contribution in [0.3, 0.4) is 0 Å². The van der Waals surface area contributed by atoms with E-state index in [4.69, 9.17) is 5.73 Å². The molecule has 0 radical (unpaired) electrons. The van der Waals surface area contributed by atoms with Crippen LogP contribution >= 0.6 is 0 Å². The first kappa shape index (κ1) is 23.9. The summed E-state index contributed by atoms with van der Waals surface area (Å²) in [5.41, 5.74) is 7.17. The normalized spacial score (nSPS) is 25.0. The fourth-order valence-electron chi connectivity index (χ4n) is 5.20. The molecule has 1 aliphatic heterocycles. The van der Waals surface area contributed by atoms with E-state index in [2.05, 4.69) is 49.5 Å². The zero-order chi connectivity index (χ0) is 23.1. The number of hydrogen-bond donors (Lipinski definition) is 1. The highest BCUT2D eigenvalue weighted by atomic mass is 32.2. The van der Waals surface area contributed by atoms with Crippen LogP contribution in [0.5, 0.6) is 0 Å². The molecule has 0 bridgehead atoms. The molecule has 9 heteroatoms. The molecule has 1 aromatic heterocycles. The number of carbonyl (C=O) groups is 1. The molecule has 0 unspecified atom stereocenters. The lowest BCUT2D eigenvalue weighted by Crippen LogP contribution is -2.54. The molecule has 174 valence electrons. The molecular formula is C22H37N5O3S. The number of anilines is 1. The first-order chi connectivity index (χ1) is 14.3. The molecule has 1 saturated carbocycles. The van der Waals surface area contributed by atoms with Crippen LogP contribution in [0.25, 0.3) is 0 Å². The van der Waals surface area contributed by atoms with Gasteiger partial charge in [0, 0.05) is 37.3 Å². The summed E-state index contributed by atoms with van der Waals surface area (Å²) in [6, 6.07) is -0.227. The Morgan fingerprint density at radius 2 is 1.84 bits per heavy atom. The minimum absolute atomic E-state index is 0.00176. The number of rotatable bonds is 6. The molecule has 0 spiro atoms. The first-order valence-corrected chi connectivity index (χ1v) is 13.0. The molecule has 2 heterocycles. The summed E-state index contributed by atoms with van der Waals surface area (Å²) in [6.45, 7) is 12.1. The van der Waals surface area contributed by atoms with E-state index in [9.17, 15) is 13.2 Å². The van der Waals surface area contributed by atoms with Gasteiger partial charge in [-0.2, -0.15) is 0 Å². The van der Waals surface area contributed by atoms with Crippen LogP contribution in [-0.2, 0) is 14.6 Å². The van der Waals surface area contributed by atoms with Crippen LogP contribution in [0.1, 0.15) is 53.9 Å². The van der Waals surface area contributed by atoms with Gasteiger partial charge in [-0.25, -0.2) is 18.4 Å². The summed E-state index contributed by atoms with van der Waals surface area (Å²) in [6.07, 6.45) is 7.01. The number of amides is 1. The number of carbonyl (C=O) groups excluding carboxylic acids is 1. The first-order valence-electron chi connectivity index (χ1n) is 11.1. The maximum Gasteiger partial charge on any atom is 0.246 e. The van der Waals surface area contributed by atoms with E-state index >= 15 is 0 Å². The molecule has 2 N–H and O–H groups in total. The molecule has 4 atom stereocenters. The fraction of sp³-hybridized carbons (Fsp3) is 0.773. The SMILES string of the molecule is CC(C)N(C(=O)[C@@H](N)CC(C)(C)C)[C@H]1CC[C@@H]2CN(c3cnc(S(C)(=O)=O)nc3)C[C@@H]21. The van der Waals surface area contributed by atoms with Crippen LogP contribution in [0.4, 0.5) is 5.69 Å². The Kier molecular flexibility index (Phi) is 6.68. The van der Waals surface area contributed by atoms with Gasteiger partial charge in [0.05, 0.1) is 24.1 Å². The van der Waals surface area contributed by atoms with Crippen molar-refractivity contribution in [1.29, 1.82) is 0 Å². The summed E-state index contributed by atoms with van der Waals surface area (Å²) >= 11 is 0. The third-order valence-electron chi connectivity index (χ3n) is 6.45. The van der Waals surface area contributed by atoms with E-state index < -0.39 is 15.9 Å². The Hall–Kier alpha value is -1.74. The van der Waals surface area contributed by atoms with Gasteiger partial charge in [0.15, 0.2) is 0 Å². The van der Waals surface area contributed by atoms with Gasteiger partial charge < -0.3 is 15.5 Å². The summed E-state index contributed by atoms with van der Waals surface area (Å²) in [4.78, 5) is 25.6. The van der Waals surface area contributed by atoms with Crippen molar-refractivity contribution in [2.24, 2.45) is 23.0 Å². The summed E-state index contributed by atoms with van der Waals surface area (Å²) in [5.74, 6) is 0.908. The van der Waals surface area contributed by atoms with Crippen molar-refractivity contribution in [3.63, 3.8) is 0 Å². The third-order valence-corrected chi connectivity index (χ3v) is 7.32. The monoisotopic (exact) mass is 451 g/mol. The summed E-state index contributed by atoms with van der Waals surface area (Å²) in [7, 11) is -3.42. The number of nitrogens with zero attached hydrogens (tertiary/aromatic N) is 4. The van der Waals surface area contributed by atoms with Crippen molar-refractivity contribution in [1.82, 2.24) is 14.9 Å². The molecule has 1 aromatic rings. The lowest BCUT2D eigenvalue weighted by Gasteiger charge is -2.39. The molecule has 0 aromatic carbocycles. The summed E-state index contributed by atoms with van der Waals surface area (Å²) < 4.78 is 23.3. The minimum Gasteiger partial charge on any atom is -0.368 e. The Morgan fingerprint density at radius 3 is 2.35 bits per heavy atom. The highest BCUT2D eigenvalue weighted by Crippen LogP contribution is 2.43. The Bertz CT molecular complexity index is 895. The van der Waals surface area contributed by atoms with Gasteiger partial charge in [-0.15, -0.1) is 0 Å². The van der Waals surface area contributed by atoms with Crippen LogP contribution in [-0.4, -0.2) is 66.7 Å². The average molecular weight is 452 g/mol. The predicted molar refractivity (Wildman–Crippen MR) is 121 cm³/mol. The molecule has 8 nitrogen and oxygen atoms in total. The fourth-order valence-corrected chi connectivity index (χ4v) is 5.68.